The third-order valence-corrected chi connectivity index (χ3v) is 4.10. The van der Waals surface area contributed by atoms with Gasteiger partial charge in [-0.15, -0.1) is 5.10 Å². The minimum atomic E-state index is -4.85. The van der Waals surface area contributed by atoms with Gasteiger partial charge in [0.05, 0.1) is 12.1 Å². The summed E-state index contributed by atoms with van der Waals surface area (Å²) < 4.78 is 53.7. The first-order chi connectivity index (χ1) is 14.2. The predicted molar refractivity (Wildman–Crippen MR) is 101 cm³/mol. The van der Waals surface area contributed by atoms with Crippen LogP contribution in [-0.2, 0) is 12.7 Å². The van der Waals surface area contributed by atoms with Gasteiger partial charge >= 0.3 is 6.18 Å². The smallest absolute Gasteiger partial charge is 0.409 e. The van der Waals surface area contributed by atoms with Crippen molar-refractivity contribution in [2.75, 3.05) is 5.32 Å². The maximum absolute atomic E-state index is 13.5. The second-order valence-corrected chi connectivity index (χ2v) is 6.40. The van der Waals surface area contributed by atoms with E-state index in [1.165, 1.54) is 16.9 Å². The molecule has 30 heavy (non-hydrogen) atoms. The Morgan fingerprint density at radius 3 is 2.70 bits per heavy atom. The van der Waals surface area contributed by atoms with Crippen molar-refractivity contribution in [3.8, 4) is 11.4 Å². The molecule has 0 spiro atoms. The minimum absolute atomic E-state index is 0.0443. The van der Waals surface area contributed by atoms with Crippen molar-refractivity contribution in [2.24, 2.45) is 10.9 Å². The average Bonchev–Trinajstić information content (AvgIpc) is 3.09. The minimum Gasteiger partial charge on any atom is -0.409 e. The van der Waals surface area contributed by atoms with E-state index in [2.05, 4.69) is 25.5 Å². The summed E-state index contributed by atoms with van der Waals surface area (Å²) in [6.07, 6.45) is -3.28. The van der Waals surface area contributed by atoms with E-state index in [9.17, 15) is 17.6 Å². The van der Waals surface area contributed by atoms with Gasteiger partial charge in [0.15, 0.2) is 5.82 Å². The molecule has 0 bridgehead atoms. The van der Waals surface area contributed by atoms with Crippen molar-refractivity contribution < 1.29 is 22.8 Å². The lowest BCUT2D eigenvalue weighted by Gasteiger charge is -2.10. The fraction of sp³-hybridized carbons (Fsp3) is 0.176. The highest BCUT2D eigenvalue weighted by Crippen LogP contribution is 2.33. The number of halogens is 5. The Labute approximate surface area is 172 Å². The zero-order valence-electron chi connectivity index (χ0n) is 15.0. The van der Waals surface area contributed by atoms with Gasteiger partial charge in [-0.1, -0.05) is 16.8 Å². The third-order valence-electron chi connectivity index (χ3n) is 3.89. The van der Waals surface area contributed by atoms with E-state index in [1.807, 2.05) is 0 Å². The second kappa shape index (κ2) is 8.53. The van der Waals surface area contributed by atoms with Gasteiger partial charge in [0.25, 0.3) is 0 Å². The number of amidine groups is 1. The summed E-state index contributed by atoms with van der Waals surface area (Å²) in [7, 11) is 0. The van der Waals surface area contributed by atoms with Gasteiger partial charge < -0.3 is 16.3 Å². The predicted octanol–water partition coefficient (Wildman–Crippen LogP) is 4.03. The van der Waals surface area contributed by atoms with E-state index in [0.29, 0.717) is 23.5 Å². The van der Waals surface area contributed by atoms with E-state index in [-0.39, 0.29) is 35.6 Å². The number of anilines is 2. The van der Waals surface area contributed by atoms with Crippen LogP contribution in [0, 0.1) is 5.82 Å². The molecule has 2 heterocycles. The summed E-state index contributed by atoms with van der Waals surface area (Å²) in [4.78, 5) is 8.15. The summed E-state index contributed by atoms with van der Waals surface area (Å²) in [5.74, 6) is -1.17. The van der Waals surface area contributed by atoms with Crippen molar-refractivity contribution in [1.82, 2.24) is 19.7 Å². The number of hydrogen-bond donors (Lipinski definition) is 3. The molecule has 0 aliphatic heterocycles. The molecule has 0 amide bonds. The Morgan fingerprint density at radius 1 is 1.27 bits per heavy atom. The molecule has 13 heteroatoms. The normalized spacial score (nSPS) is 12.2. The number of oxime groups is 1. The number of pyridine rings is 1. The van der Waals surface area contributed by atoms with Crippen LogP contribution in [0.15, 0.2) is 41.7 Å². The van der Waals surface area contributed by atoms with Crippen molar-refractivity contribution in [3.63, 3.8) is 0 Å². The molecular weight excluding hydrogens is 430 g/mol. The molecule has 0 atom stereocenters. The average molecular weight is 444 g/mol. The molecule has 4 N–H and O–H groups in total. The van der Waals surface area contributed by atoms with Crippen LogP contribution in [0.4, 0.5) is 29.2 Å². The van der Waals surface area contributed by atoms with Crippen LogP contribution in [0.25, 0.3) is 11.4 Å². The molecule has 158 valence electrons. The van der Waals surface area contributed by atoms with Crippen LogP contribution in [0.3, 0.4) is 0 Å². The van der Waals surface area contributed by atoms with Crippen molar-refractivity contribution in [2.45, 2.75) is 19.1 Å². The Morgan fingerprint density at radius 2 is 2.03 bits per heavy atom. The first-order valence-electron chi connectivity index (χ1n) is 8.34. The summed E-state index contributed by atoms with van der Waals surface area (Å²) >= 11 is 5.91. The number of aromatic nitrogens is 4. The van der Waals surface area contributed by atoms with Crippen molar-refractivity contribution in [1.29, 1.82) is 0 Å². The number of hydrogen-bond acceptors (Lipinski definition) is 6. The number of nitrogens with two attached hydrogens (primary N) is 1. The number of aryl methyl sites for hydroxylation is 1. The third kappa shape index (κ3) is 4.95. The molecule has 0 radical (unpaired) electrons. The van der Waals surface area contributed by atoms with Gasteiger partial charge in [-0.05, 0) is 30.3 Å². The van der Waals surface area contributed by atoms with Crippen molar-refractivity contribution in [3.05, 3.63) is 53.1 Å². The van der Waals surface area contributed by atoms with E-state index >= 15 is 0 Å². The zero-order chi connectivity index (χ0) is 21.9. The molecule has 0 fully saturated rings. The number of rotatable bonds is 6. The number of nitrogens with one attached hydrogen (secondary N) is 1. The maximum Gasteiger partial charge on any atom is 0.419 e. The standard InChI is InChI=1S/C17H14ClF4N7O/c18-13-7-9(3-5-24-13)15-26-16(27-29(15)6-4-14(23)28-30)25-10-1-2-12(19)11(8-10)17(20,21)22/h1-3,5,7-8,30H,4,6H2,(H2,23,28)(H,25,27). The molecule has 1 aromatic carbocycles. The van der Waals surface area contributed by atoms with Gasteiger partial charge in [-0.2, -0.15) is 18.2 Å². The largest absolute Gasteiger partial charge is 0.419 e. The summed E-state index contributed by atoms with van der Waals surface area (Å²) in [6.45, 7) is 0.150. The molecular formula is C17H14ClF4N7O. The molecule has 0 saturated carbocycles. The topological polar surface area (TPSA) is 114 Å². The van der Waals surface area contributed by atoms with E-state index < -0.39 is 17.6 Å². The van der Waals surface area contributed by atoms with Gasteiger partial charge in [0, 0.05) is 23.9 Å². The monoisotopic (exact) mass is 443 g/mol. The molecule has 0 unspecified atom stereocenters. The second-order valence-electron chi connectivity index (χ2n) is 6.01. The van der Waals surface area contributed by atoms with Gasteiger partial charge in [-0.25, -0.2) is 14.1 Å². The number of alkyl halides is 3. The molecule has 8 nitrogen and oxygen atoms in total. The maximum atomic E-state index is 13.5. The van der Waals surface area contributed by atoms with Crippen LogP contribution >= 0.6 is 11.6 Å². The first-order valence-corrected chi connectivity index (χ1v) is 8.72. The highest BCUT2D eigenvalue weighted by molar-refractivity contribution is 6.29. The van der Waals surface area contributed by atoms with Crippen LogP contribution in [-0.4, -0.2) is 30.8 Å². The molecule has 3 aromatic rings. The van der Waals surface area contributed by atoms with E-state index in [4.69, 9.17) is 22.5 Å². The Bertz CT molecular complexity index is 1080. The molecule has 0 saturated heterocycles. The van der Waals surface area contributed by atoms with Crippen LogP contribution in [0.2, 0.25) is 5.15 Å². The quantitative estimate of drug-likeness (QED) is 0.132. The lowest BCUT2D eigenvalue weighted by atomic mass is 10.2. The van der Waals surface area contributed by atoms with Crippen LogP contribution in [0.1, 0.15) is 12.0 Å². The molecule has 0 aliphatic rings. The Kier molecular flexibility index (Phi) is 6.06. The van der Waals surface area contributed by atoms with Gasteiger partial charge in [-0.3, -0.25) is 0 Å². The highest BCUT2D eigenvalue weighted by Gasteiger charge is 2.34. The van der Waals surface area contributed by atoms with Crippen molar-refractivity contribution >= 4 is 29.1 Å². The van der Waals surface area contributed by atoms with E-state index in [1.54, 1.807) is 6.07 Å². The number of nitrogens with zero attached hydrogens (tertiary/aromatic N) is 5. The first kappa shape index (κ1) is 21.3. The highest BCUT2D eigenvalue weighted by atomic mass is 35.5. The fourth-order valence-corrected chi connectivity index (χ4v) is 2.70. The van der Waals surface area contributed by atoms with Crippen LogP contribution < -0.4 is 11.1 Å². The zero-order valence-corrected chi connectivity index (χ0v) is 15.8. The molecule has 3 rings (SSSR count). The summed E-state index contributed by atoms with van der Waals surface area (Å²) in [6, 6.07) is 5.58. The lowest BCUT2D eigenvalue weighted by Crippen LogP contribution is -2.16. The fourth-order valence-electron chi connectivity index (χ4n) is 2.53. The van der Waals surface area contributed by atoms with Gasteiger partial charge in [0.1, 0.15) is 16.8 Å². The lowest BCUT2D eigenvalue weighted by molar-refractivity contribution is -0.139. The molecule has 2 aromatic heterocycles. The number of benzene rings is 1. The molecule has 0 aliphatic carbocycles. The summed E-state index contributed by atoms with van der Waals surface area (Å²) in [5, 5.41) is 18.6. The SMILES string of the molecule is NC(CCn1nc(Nc2ccc(F)c(C(F)(F)F)c2)nc1-c1ccnc(Cl)c1)=NO. The van der Waals surface area contributed by atoms with E-state index in [0.717, 1.165) is 6.07 Å². The summed E-state index contributed by atoms with van der Waals surface area (Å²) in [5.41, 5.74) is 4.54. The Hall–Kier alpha value is -3.41. The Balaban J connectivity index is 1.96. The van der Waals surface area contributed by atoms with Gasteiger partial charge in [0.2, 0.25) is 5.95 Å². The van der Waals surface area contributed by atoms with Crippen LogP contribution in [0.5, 0.6) is 0 Å².